The number of rotatable bonds is 4. The molecule has 2 aromatic carbocycles. The van der Waals surface area contributed by atoms with Gasteiger partial charge in [-0.1, -0.05) is 30.3 Å². The van der Waals surface area contributed by atoms with Crippen LogP contribution in [-0.2, 0) is 15.7 Å². The number of ether oxygens (including phenoxy) is 1. The van der Waals surface area contributed by atoms with Gasteiger partial charge >= 0.3 is 12.1 Å². The van der Waals surface area contributed by atoms with Gasteiger partial charge in [-0.05, 0) is 31.2 Å². The molecule has 3 aromatic rings. The summed E-state index contributed by atoms with van der Waals surface area (Å²) in [5, 5.41) is 2.87. The molecule has 0 radical (unpaired) electrons. The van der Waals surface area contributed by atoms with Crippen molar-refractivity contribution < 1.29 is 27.5 Å². The van der Waals surface area contributed by atoms with E-state index < -0.39 is 35.4 Å². The van der Waals surface area contributed by atoms with Crippen molar-refractivity contribution in [3.05, 3.63) is 71.9 Å². The lowest BCUT2D eigenvalue weighted by atomic mass is 10.1. The number of pyridine rings is 1. The molecule has 0 saturated heterocycles. The first kappa shape index (κ1) is 19.3. The molecule has 144 valence electrons. The van der Waals surface area contributed by atoms with E-state index in [0.29, 0.717) is 10.9 Å². The van der Waals surface area contributed by atoms with Gasteiger partial charge in [0.2, 0.25) is 0 Å². The number of alkyl halides is 3. The van der Waals surface area contributed by atoms with Crippen molar-refractivity contribution in [3.8, 4) is 0 Å². The zero-order chi connectivity index (χ0) is 20.3. The summed E-state index contributed by atoms with van der Waals surface area (Å²) in [5.41, 5.74) is -0.826. The summed E-state index contributed by atoms with van der Waals surface area (Å²) in [7, 11) is 0. The van der Waals surface area contributed by atoms with Crippen LogP contribution in [0.25, 0.3) is 10.9 Å². The van der Waals surface area contributed by atoms with Crippen molar-refractivity contribution in [2.45, 2.75) is 19.2 Å². The second kappa shape index (κ2) is 7.67. The predicted molar refractivity (Wildman–Crippen MR) is 96.7 cm³/mol. The summed E-state index contributed by atoms with van der Waals surface area (Å²) in [6.45, 7) is 1.28. The zero-order valence-electron chi connectivity index (χ0n) is 14.7. The molecule has 3 rings (SSSR count). The number of hydrogen-bond acceptors (Lipinski definition) is 4. The Hall–Kier alpha value is -3.42. The number of amides is 1. The van der Waals surface area contributed by atoms with Gasteiger partial charge in [0.15, 0.2) is 6.10 Å². The third-order valence-corrected chi connectivity index (χ3v) is 4.00. The smallest absolute Gasteiger partial charge is 0.418 e. The van der Waals surface area contributed by atoms with Crippen LogP contribution in [0.4, 0.5) is 18.9 Å². The van der Waals surface area contributed by atoms with Crippen LogP contribution in [0.5, 0.6) is 0 Å². The lowest BCUT2D eigenvalue weighted by Crippen LogP contribution is -2.30. The van der Waals surface area contributed by atoms with Crippen LogP contribution in [0.1, 0.15) is 22.8 Å². The fourth-order valence-electron chi connectivity index (χ4n) is 2.62. The van der Waals surface area contributed by atoms with Crippen LogP contribution < -0.4 is 5.32 Å². The quantitative estimate of drug-likeness (QED) is 0.671. The fraction of sp³-hybridized carbons (Fsp3) is 0.150. The number of carbonyl (C=O) groups is 2. The van der Waals surface area contributed by atoms with Gasteiger partial charge in [0.1, 0.15) is 0 Å². The van der Waals surface area contributed by atoms with Gasteiger partial charge in [-0.3, -0.25) is 9.78 Å². The second-order valence-corrected chi connectivity index (χ2v) is 5.96. The number of nitrogens with zero attached hydrogens (tertiary/aromatic N) is 1. The number of benzene rings is 2. The first-order valence-electron chi connectivity index (χ1n) is 8.29. The Morgan fingerprint density at radius 2 is 1.75 bits per heavy atom. The first-order chi connectivity index (χ1) is 13.3. The average molecular weight is 388 g/mol. The van der Waals surface area contributed by atoms with E-state index in [-0.39, 0.29) is 5.56 Å². The normalized spacial score (nSPS) is 12.4. The van der Waals surface area contributed by atoms with E-state index in [9.17, 15) is 22.8 Å². The third kappa shape index (κ3) is 4.11. The number of para-hydroxylation sites is 2. The van der Waals surface area contributed by atoms with Crippen LogP contribution in [-0.4, -0.2) is 23.0 Å². The molecule has 1 atom stereocenters. The van der Waals surface area contributed by atoms with Gasteiger partial charge < -0.3 is 10.1 Å². The van der Waals surface area contributed by atoms with Gasteiger partial charge in [0.05, 0.1) is 22.3 Å². The van der Waals surface area contributed by atoms with Gasteiger partial charge in [-0.15, -0.1) is 0 Å². The van der Waals surface area contributed by atoms with E-state index >= 15 is 0 Å². The minimum absolute atomic E-state index is 0.161. The Labute approximate surface area is 158 Å². The van der Waals surface area contributed by atoms with E-state index in [1.54, 1.807) is 24.3 Å². The summed E-state index contributed by atoms with van der Waals surface area (Å²) in [6, 6.07) is 13.0. The standard InChI is InChI=1S/C20H15F3N2O3/c1-12(18(26)25-16-10-3-2-9-15(16)20(21,22)23)28-19(27)14-8-4-6-13-7-5-11-24-17(13)14/h2-12H,1H3,(H,25,26)/t12-/m1/s1. The number of nitrogens with one attached hydrogen (secondary N) is 1. The number of halogens is 3. The van der Waals surface area contributed by atoms with E-state index in [1.807, 2.05) is 0 Å². The van der Waals surface area contributed by atoms with Gasteiger partial charge in [-0.2, -0.15) is 13.2 Å². The number of anilines is 1. The molecule has 0 bridgehead atoms. The van der Waals surface area contributed by atoms with Crippen LogP contribution in [0.15, 0.2) is 60.8 Å². The zero-order valence-corrected chi connectivity index (χ0v) is 14.7. The average Bonchev–Trinajstić information content (AvgIpc) is 2.67. The highest BCUT2D eigenvalue weighted by Gasteiger charge is 2.34. The Bertz CT molecular complexity index is 1030. The fourth-order valence-corrected chi connectivity index (χ4v) is 2.62. The summed E-state index contributed by atoms with van der Waals surface area (Å²) in [5.74, 6) is -1.67. The summed E-state index contributed by atoms with van der Waals surface area (Å²) in [6.07, 6.45) is -4.42. The third-order valence-electron chi connectivity index (χ3n) is 4.00. The molecule has 0 aliphatic heterocycles. The highest BCUT2D eigenvalue weighted by Crippen LogP contribution is 2.34. The van der Waals surface area contributed by atoms with E-state index in [0.717, 1.165) is 12.1 Å². The molecule has 8 heteroatoms. The number of hydrogen-bond donors (Lipinski definition) is 1. The van der Waals surface area contributed by atoms with Crippen molar-refractivity contribution >= 4 is 28.5 Å². The van der Waals surface area contributed by atoms with Crippen LogP contribution in [0.3, 0.4) is 0 Å². The molecule has 0 saturated carbocycles. The van der Waals surface area contributed by atoms with Crippen molar-refractivity contribution in [2.24, 2.45) is 0 Å². The molecule has 1 aromatic heterocycles. The lowest BCUT2D eigenvalue weighted by Gasteiger charge is -2.17. The molecule has 0 aliphatic rings. The first-order valence-corrected chi connectivity index (χ1v) is 8.29. The lowest BCUT2D eigenvalue weighted by molar-refractivity contribution is -0.137. The topological polar surface area (TPSA) is 68.3 Å². The molecule has 0 aliphatic carbocycles. The molecule has 0 spiro atoms. The van der Waals surface area contributed by atoms with Crippen LogP contribution in [0, 0.1) is 0 Å². The second-order valence-electron chi connectivity index (χ2n) is 5.96. The number of aromatic nitrogens is 1. The van der Waals surface area contributed by atoms with E-state index in [1.165, 1.54) is 31.3 Å². The molecule has 28 heavy (non-hydrogen) atoms. The maximum atomic E-state index is 13.0. The highest BCUT2D eigenvalue weighted by atomic mass is 19.4. The maximum Gasteiger partial charge on any atom is 0.418 e. The maximum absolute atomic E-state index is 13.0. The van der Waals surface area contributed by atoms with Crippen molar-refractivity contribution in [3.63, 3.8) is 0 Å². The SMILES string of the molecule is C[C@@H](OC(=O)c1cccc2cccnc12)C(=O)Nc1ccccc1C(F)(F)F. The highest BCUT2D eigenvalue weighted by molar-refractivity contribution is 6.04. The molecule has 1 heterocycles. The Morgan fingerprint density at radius 3 is 2.50 bits per heavy atom. The summed E-state index contributed by atoms with van der Waals surface area (Å²) in [4.78, 5) is 28.8. The van der Waals surface area contributed by atoms with Gasteiger partial charge in [-0.25, -0.2) is 4.79 Å². The van der Waals surface area contributed by atoms with Gasteiger partial charge in [0.25, 0.3) is 5.91 Å². The predicted octanol–water partition coefficient (Wildman–Crippen LogP) is 4.44. The van der Waals surface area contributed by atoms with E-state index in [2.05, 4.69) is 10.3 Å². The van der Waals surface area contributed by atoms with E-state index in [4.69, 9.17) is 4.74 Å². The molecular weight excluding hydrogens is 373 g/mol. The van der Waals surface area contributed by atoms with Crippen molar-refractivity contribution in [2.75, 3.05) is 5.32 Å². The molecule has 1 amide bonds. The molecule has 1 N–H and O–H groups in total. The van der Waals surface area contributed by atoms with Crippen LogP contribution in [0.2, 0.25) is 0 Å². The largest absolute Gasteiger partial charge is 0.449 e. The molecule has 0 fully saturated rings. The summed E-state index contributed by atoms with van der Waals surface area (Å²) >= 11 is 0. The minimum Gasteiger partial charge on any atom is -0.449 e. The Balaban J connectivity index is 1.75. The van der Waals surface area contributed by atoms with Crippen molar-refractivity contribution in [1.82, 2.24) is 4.98 Å². The minimum atomic E-state index is -4.63. The monoisotopic (exact) mass is 388 g/mol. The Morgan fingerprint density at radius 1 is 1.04 bits per heavy atom. The molecule has 5 nitrogen and oxygen atoms in total. The molecule has 0 unspecified atom stereocenters. The molecular formula is C20H15F3N2O3. The number of carbonyl (C=O) groups excluding carboxylic acids is 2. The number of fused-ring (bicyclic) bond motifs is 1. The van der Waals surface area contributed by atoms with Gasteiger partial charge in [0, 0.05) is 11.6 Å². The van der Waals surface area contributed by atoms with Crippen LogP contribution >= 0.6 is 0 Å². The Kier molecular flexibility index (Phi) is 5.30. The van der Waals surface area contributed by atoms with Crippen molar-refractivity contribution in [1.29, 1.82) is 0 Å². The number of esters is 1. The summed E-state index contributed by atoms with van der Waals surface area (Å²) < 4.78 is 44.2.